The highest BCUT2D eigenvalue weighted by molar-refractivity contribution is 5.84. The number of carbonyl (C=O) groups is 2. The highest BCUT2D eigenvalue weighted by Crippen LogP contribution is 2.59. The monoisotopic (exact) mass is 560 g/mol. The molecule has 1 aromatic carbocycles. The van der Waals surface area contributed by atoms with Gasteiger partial charge in [0.05, 0.1) is 11.7 Å². The third-order valence-corrected chi connectivity index (χ3v) is 9.42. The van der Waals surface area contributed by atoms with E-state index < -0.39 is 0 Å². The number of carbonyl (C=O) groups excluding carboxylic acids is 2. The summed E-state index contributed by atoms with van der Waals surface area (Å²) in [6.07, 6.45) is 9.42. The number of hydrogen-bond acceptors (Lipinski definition) is 6. The summed E-state index contributed by atoms with van der Waals surface area (Å²) >= 11 is 0. The number of aromatic nitrogens is 2. The molecule has 3 heterocycles. The maximum atomic E-state index is 13.5. The van der Waals surface area contributed by atoms with Gasteiger partial charge in [0.15, 0.2) is 5.76 Å². The molecule has 2 aromatic heterocycles. The van der Waals surface area contributed by atoms with Crippen molar-refractivity contribution < 1.29 is 14.0 Å². The van der Waals surface area contributed by atoms with Crippen molar-refractivity contribution in [3.8, 4) is 11.3 Å². The first kappa shape index (κ1) is 29.2. The summed E-state index contributed by atoms with van der Waals surface area (Å²) in [5.74, 6) is 1.61. The van der Waals surface area contributed by atoms with Crippen LogP contribution in [0.2, 0.25) is 0 Å². The minimum absolute atomic E-state index is 0.0484. The van der Waals surface area contributed by atoms with Crippen molar-refractivity contribution >= 4 is 22.6 Å². The maximum Gasteiger partial charge on any atom is 0.250 e. The quantitative estimate of drug-likeness (QED) is 0.282. The van der Waals surface area contributed by atoms with E-state index in [0.717, 1.165) is 68.1 Å². The second-order valence-corrected chi connectivity index (χ2v) is 12.4. The fourth-order valence-electron chi connectivity index (χ4n) is 6.43. The molecule has 0 bridgehead atoms. The molecule has 1 spiro atoms. The van der Waals surface area contributed by atoms with Crippen LogP contribution in [0.4, 0.5) is 0 Å². The van der Waals surface area contributed by atoms with Gasteiger partial charge in [-0.25, -0.2) is 4.98 Å². The Labute approximate surface area is 242 Å². The van der Waals surface area contributed by atoms with Crippen LogP contribution in [0.15, 0.2) is 45.7 Å². The number of rotatable bonds is 12. The van der Waals surface area contributed by atoms with Crippen LogP contribution in [0.3, 0.4) is 0 Å². The molecule has 0 radical (unpaired) electrons. The van der Waals surface area contributed by atoms with Gasteiger partial charge in [0.1, 0.15) is 11.8 Å². The van der Waals surface area contributed by atoms with Crippen LogP contribution in [0.5, 0.6) is 0 Å². The fraction of sp³-hybridized carbons (Fsp3) is 0.576. The van der Waals surface area contributed by atoms with Gasteiger partial charge in [-0.15, -0.1) is 0 Å². The summed E-state index contributed by atoms with van der Waals surface area (Å²) in [4.78, 5) is 44.3. The number of piperidine rings is 1. The smallest absolute Gasteiger partial charge is 0.250 e. The number of benzene rings is 1. The number of nitrogens with zero attached hydrogens (tertiary/aromatic N) is 3. The third-order valence-electron chi connectivity index (χ3n) is 9.42. The lowest BCUT2D eigenvalue weighted by atomic mass is 9.90. The van der Waals surface area contributed by atoms with E-state index in [2.05, 4.69) is 29.0 Å². The summed E-state index contributed by atoms with van der Waals surface area (Å²) < 4.78 is 7.90. The Hall–Kier alpha value is -3.26. The molecule has 2 aliphatic rings. The number of pyridine rings is 1. The molecule has 220 valence electrons. The highest BCUT2D eigenvalue weighted by Gasteiger charge is 2.58. The van der Waals surface area contributed by atoms with Crippen LogP contribution in [0.25, 0.3) is 22.2 Å². The third kappa shape index (κ3) is 6.48. The average Bonchev–Trinajstić information content (AvgIpc) is 3.43. The van der Waals surface area contributed by atoms with Crippen LogP contribution in [0, 0.1) is 11.3 Å². The first-order valence-electron chi connectivity index (χ1n) is 15.3. The van der Waals surface area contributed by atoms with Crippen molar-refractivity contribution in [1.29, 1.82) is 0 Å². The number of hydrogen-bond donors (Lipinski definition) is 1. The van der Waals surface area contributed by atoms with Crippen LogP contribution in [-0.2, 0) is 16.6 Å². The normalized spacial score (nSPS) is 19.1. The zero-order valence-electron chi connectivity index (χ0n) is 24.9. The molecule has 1 aliphatic heterocycles. The number of ketones is 1. The zero-order valence-corrected chi connectivity index (χ0v) is 24.9. The molecule has 1 amide bonds. The minimum atomic E-state index is -0.312. The van der Waals surface area contributed by atoms with Crippen LogP contribution in [0.1, 0.15) is 90.5 Å². The van der Waals surface area contributed by atoms with Crippen molar-refractivity contribution in [2.75, 3.05) is 13.1 Å². The Balaban J connectivity index is 1.29. The van der Waals surface area contributed by atoms with E-state index in [-0.39, 0.29) is 28.8 Å². The van der Waals surface area contributed by atoms with E-state index in [0.29, 0.717) is 42.7 Å². The van der Waals surface area contributed by atoms with E-state index in [4.69, 9.17) is 4.42 Å². The Morgan fingerprint density at radius 3 is 2.63 bits per heavy atom. The van der Waals surface area contributed by atoms with Gasteiger partial charge < -0.3 is 19.2 Å². The summed E-state index contributed by atoms with van der Waals surface area (Å²) in [6, 6.07) is 9.47. The predicted octanol–water partition coefficient (Wildman–Crippen LogP) is 5.79. The topological polar surface area (TPSA) is 97.4 Å². The Bertz CT molecular complexity index is 1450. The Morgan fingerprint density at radius 1 is 1.12 bits per heavy atom. The fourth-order valence-corrected chi connectivity index (χ4v) is 6.43. The summed E-state index contributed by atoms with van der Waals surface area (Å²) in [5.41, 5.74) is 1.82. The highest BCUT2D eigenvalue weighted by atomic mass is 16.4. The molecule has 1 aliphatic carbocycles. The Morgan fingerprint density at radius 2 is 1.90 bits per heavy atom. The molecule has 1 N–H and O–H groups in total. The number of aryl methyl sites for hydroxylation is 1. The van der Waals surface area contributed by atoms with Crippen LogP contribution in [-0.4, -0.2) is 45.3 Å². The first-order chi connectivity index (χ1) is 19.7. The van der Waals surface area contributed by atoms with Gasteiger partial charge in [-0.3, -0.25) is 14.4 Å². The van der Waals surface area contributed by atoms with Gasteiger partial charge >= 0.3 is 0 Å². The molecule has 3 aromatic rings. The van der Waals surface area contributed by atoms with E-state index in [1.54, 1.807) is 23.9 Å². The lowest BCUT2D eigenvalue weighted by Crippen LogP contribution is -2.41. The van der Waals surface area contributed by atoms with Crippen molar-refractivity contribution in [3.05, 3.63) is 52.8 Å². The van der Waals surface area contributed by atoms with Crippen molar-refractivity contribution in [2.45, 2.75) is 90.6 Å². The summed E-state index contributed by atoms with van der Waals surface area (Å²) in [7, 11) is 1.76. The van der Waals surface area contributed by atoms with Crippen LogP contribution >= 0.6 is 0 Å². The molecule has 1 saturated heterocycles. The first-order valence-corrected chi connectivity index (χ1v) is 15.3. The van der Waals surface area contributed by atoms with E-state index in [1.807, 2.05) is 31.2 Å². The standard InChI is InChI=1S/C33H44N4O4/c1-5-25(38)9-7-6-8-10-27(35-31(40)26-20-33(26)15-17-37(18-16-33)22(2)3)32-34-21-29(41-32)24-11-13-28-23(19-24)12-14-30(39)36(28)4/h11-14,19,21-22,26-27H,5-10,15-18,20H2,1-4H3,(H,35,40)/t26-,27+/m1/s1. The number of unbranched alkanes of at least 4 members (excludes halogenated alkanes) is 2. The number of oxazole rings is 1. The number of amides is 1. The lowest BCUT2D eigenvalue weighted by molar-refractivity contribution is -0.124. The number of Topliss-reactive ketones (excluding diaryl/α,β-unsaturated/α-hetero) is 1. The van der Waals surface area contributed by atoms with Gasteiger partial charge in [0, 0.05) is 43.5 Å². The molecule has 0 unspecified atom stereocenters. The molecule has 5 rings (SSSR count). The van der Waals surface area contributed by atoms with Gasteiger partial charge in [0.25, 0.3) is 5.56 Å². The van der Waals surface area contributed by atoms with Gasteiger partial charge in [0.2, 0.25) is 11.8 Å². The molecular weight excluding hydrogens is 516 g/mol. The van der Waals surface area contributed by atoms with Crippen LogP contribution < -0.4 is 10.9 Å². The van der Waals surface area contributed by atoms with Gasteiger partial charge in [-0.05, 0) is 94.1 Å². The summed E-state index contributed by atoms with van der Waals surface area (Å²) in [6.45, 7) is 8.50. The molecule has 8 nitrogen and oxygen atoms in total. The largest absolute Gasteiger partial charge is 0.438 e. The number of likely N-dealkylation sites (tertiary alicyclic amines) is 1. The van der Waals surface area contributed by atoms with E-state index in [9.17, 15) is 14.4 Å². The lowest BCUT2D eigenvalue weighted by Gasteiger charge is -2.35. The second kappa shape index (κ2) is 12.3. The SMILES string of the molecule is CCC(=O)CCCCC[C@H](NC(=O)[C@H]1CC12CCN(C(C)C)CC2)c1ncc(-c2ccc3c(ccc(=O)n3C)c2)o1. The molecule has 1 saturated carbocycles. The average molecular weight is 561 g/mol. The molecular formula is C33H44N4O4. The second-order valence-electron chi connectivity index (χ2n) is 12.4. The van der Waals surface area contributed by atoms with E-state index >= 15 is 0 Å². The predicted molar refractivity (Wildman–Crippen MR) is 160 cm³/mol. The molecule has 8 heteroatoms. The molecule has 2 fully saturated rings. The van der Waals surface area contributed by atoms with E-state index in [1.165, 1.54) is 0 Å². The number of nitrogens with one attached hydrogen (secondary N) is 1. The zero-order chi connectivity index (χ0) is 29.1. The van der Waals surface area contributed by atoms with Crippen molar-refractivity contribution in [1.82, 2.24) is 19.8 Å². The van der Waals surface area contributed by atoms with Gasteiger partial charge in [-0.1, -0.05) is 19.8 Å². The summed E-state index contributed by atoms with van der Waals surface area (Å²) in [5, 5.41) is 4.25. The Kier molecular flexibility index (Phi) is 8.78. The molecule has 41 heavy (non-hydrogen) atoms. The number of fused-ring (bicyclic) bond motifs is 1. The molecule has 2 atom stereocenters. The van der Waals surface area contributed by atoms with Crippen molar-refractivity contribution in [3.63, 3.8) is 0 Å². The van der Waals surface area contributed by atoms with Gasteiger partial charge in [-0.2, -0.15) is 0 Å². The van der Waals surface area contributed by atoms with Crippen molar-refractivity contribution in [2.24, 2.45) is 18.4 Å². The minimum Gasteiger partial charge on any atom is -0.438 e. The maximum absolute atomic E-state index is 13.5.